The molecule has 3 N–H and O–H groups in total. The van der Waals surface area contributed by atoms with E-state index in [0.29, 0.717) is 11.4 Å². The highest BCUT2D eigenvalue weighted by Gasteiger charge is 2.15. The van der Waals surface area contributed by atoms with Crippen LogP contribution < -0.4 is 5.73 Å². The number of oxime groups is 1. The maximum atomic E-state index is 8.95. The Hall–Kier alpha value is -2.89. The molecule has 0 spiro atoms. The molecule has 0 aliphatic rings. The zero-order valence-corrected chi connectivity index (χ0v) is 10.9. The van der Waals surface area contributed by atoms with Gasteiger partial charge in [-0.1, -0.05) is 23.4 Å². The molecule has 0 bridgehead atoms. The number of fused-ring (bicyclic) bond motifs is 1. The second kappa shape index (κ2) is 4.65. The van der Waals surface area contributed by atoms with Gasteiger partial charge in [0.2, 0.25) is 0 Å². The summed E-state index contributed by atoms with van der Waals surface area (Å²) >= 11 is 0. The van der Waals surface area contributed by atoms with Gasteiger partial charge in [0.15, 0.2) is 11.7 Å². The van der Waals surface area contributed by atoms with Crippen molar-refractivity contribution in [1.82, 2.24) is 14.8 Å². The predicted octanol–water partition coefficient (Wildman–Crippen LogP) is 1.82. The van der Waals surface area contributed by atoms with Gasteiger partial charge in [0.05, 0.1) is 17.3 Å². The van der Waals surface area contributed by atoms with Crippen molar-refractivity contribution >= 4 is 16.7 Å². The Bertz CT molecular complexity index is 806. The topological polar surface area (TPSA) is 89.3 Å². The largest absolute Gasteiger partial charge is 0.409 e. The van der Waals surface area contributed by atoms with E-state index in [9.17, 15) is 0 Å². The maximum absolute atomic E-state index is 8.95. The van der Waals surface area contributed by atoms with E-state index in [2.05, 4.69) is 15.2 Å². The molecule has 0 aliphatic heterocycles. The summed E-state index contributed by atoms with van der Waals surface area (Å²) in [6.07, 6.45) is 3.44. The first kappa shape index (κ1) is 12.2. The van der Waals surface area contributed by atoms with Crippen LogP contribution in [0.5, 0.6) is 0 Å². The number of nitrogens with zero attached hydrogens (tertiary/aromatic N) is 4. The Labute approximate surface area is 115 Å². The average molecular weight is 267 g/mol. The van der Waals surface area contributed by atoms with Crippen molar-refractivity contribution in [2.24, 2.45) is 10.9 Å². The average Bonchev–Trinajstić information content (AvgIpc) is 2.90. The van der Waals surface area contributed by atoms with Crippen LogP contribution in [0.4, 0.5) is 0 Å². The molecule has 2 aromatic heterocycles. The van der Waals surface area contributed by atoms with Crippen LogP contribution in [-0.4, -0.2) is 25.8 Å². The fourth-order valence-corrected chi connectivity index (χ4v) is 2.21. The molecule has 3 rings (SSSR count). The molecular formula is C14H13N5O. The summed E-state index contributed by atoms with van der Waals surface area (Å²) in [5, 5.41) is 17.4. The predicted molar refractivity (Wildman–Crippen MR) is 76.1 cm³/mol. The molecule has 0 unspecified atom stereocenters. The molecular weight excluding hydrogens is 254 g/mol. The van der Waals surface area contributed by atoms with Crippen LogP contribution in [0.25, 0.3) is 16.7 Å². The molecule has 0 atom stereocenters. The van der Waals surface area contributed by atoms with Crippen molar-refractivity contribution in [2.75, 3.05) is 0 Å². The molecule has 0 radical (unpaired) electrons. The second-order valence-corrected chi connectivity index (χ2v) is 4.43. The van der Waals surface area contributed by atoms with Crippen LogP contribution in [0, 0.1) is 6.92 Å². The van der Waals surface area contributed by atoms with Crippen LogP contribution in [-0.2, 0) is 0 Å². The highest BCUT2D eigenvalue weighted by Crippen LogP contribution is 2.21. The lowest BCUT2D eigenvalue weighted by Gasteiger charge is -2.10. The zero-order chi connectivity index (χ0) is 14.1. The zero-order valence-electron chi connectivity index (χ0n) is 10.9. The van der Waals surface area contributed by atoms with E-state index in [-0.39, 0.29) is 5.84 Å². The Morgan fingerprint density at radius 1 is 1.30 bits per heavy atom. The first-order valence-corrected chi connectivity index (χ1v) is 6.09. The lowest BCUT2D eigenvalue weighted by Crippen LogP contribution is -2.19. The quantitative estimate of drug-likeness (QED) is 0.321. The van der Waals surface area contributed by atoms with Crippen LogP contribution >= 0.6 is 0 Å². The van der Waals surface area contributed by atoms with Gasteiger partial charge < -0.3 is 10.9 Å². The van der Waals surface area contributed by atoms with Crippen molar-refractivity contribution < 1.29 is 5.21 Å². The lowest BCUT2D eigenvalue weighted by molar-refractivity contribution is 0.318. The van der Waals surface area contributed by atoms with E-state index in [0.717, 1.165) is 16.5 Å². The molecule has 0 saturated heterocycles. The number of aryl methyl sites for hydroxylation is 1. The summed E-state index contributed by atoms with van der Waals surface area (Å²) in [6.45, 7) is 1.88. The Balaban J connectivity index is 2.33. The monoisotopic (exact) mass is 267 g/mol. The van der Waals surface area contributed by atoms with Crippen LogP contribution in [0.15, 0.2) is 47.9 Å². The van der Waals surface area contributed by atoms with E-state index < -0.39 is 0 Å². The number of aromatic nitrogens is 3. The number of hydrogen-bond donors (Lipinski definition) is 2. The van der Waals surface area contributed by atoms with Gasteiger partial charge in [0.25, 0.3) is 0 Å². The van der Waals surface area contributed by atoms with Crippen molar-refractivity contribution in [3.05, 3.63) is 53.9 Å². The van der Waals surface area contributed by atoms with E-state index >= 15 is 0 Å². The van der Waals surface area contributed by atoms with Gasteiger partial charge in [-0.05, 0) is 24.6 Å². The first-order valence-electron chi connectivity index (χ1n) is 6.09. The van der Waals surface area contributed by atoms with E-state index in [1.54, 1.807) is 17.1 Å². The number of rotatable bonds is 2. The molecule has 6 nitrogen and oxygen atoms in total. The minimum Gasteiger partial charge on any atom is -0.409 e. The standard InChI is InChI=1S/C14H13N5O/c1-9-6-7-16-14(12(9)13(15)18-20)19-11-5-3-2-4-10(11)8-17-19/h2-8,20H,1H3,(H2,15,18). The van der Waals surface area contributed by atoms with Gasteiger partial charge in [-0.15, -0.1) is 0 Å². The first-order chi connectivity index (χ1) is 9.72. The number of amidine groups is 1. The number of para-hydroxylation sites is 1. The summed E-state index contributed by atoms with van der Waals surface area (Å²) < 4.78 is 1.69. The summed E-state index contributed by atoms with van der Waals surface area (Å²) in [5.74, 6) is 0.562. The van der Waals surface area contributed by atoms with Crippen molar-refractivity contribution in [1.29, 1.82) is 0 Å². The Kier molecular flexibility index (Phi) is 2.83. The molecule has 6 heteroatoms. The minimum atomic E-state index is 0.0187. The number of hydrogen-bond acceptors (Lipinski definition) is 4. The fourth-order valence-electron chi connectivity index (χ4n) is 2.21. The van der Waals surface area contributed by atoms with Crippen molar-refractivity contribution in [2.45, 2.75) is 6.92 Å². The van der Waals surface area contributed by atoms with Gasteiger partial charge in [0.1, 0.15) is 0 Å². The molecule has 2 heterocycles. The maximum Gasteiger partial charge on any atom is 0.174 e. The molecule has 0 amide bonds. The molecule has 1 aromatic carbocycles. The van der Waals surface area contributed by atoms with Crippen molar-refractivity contribution in [3.63, 3.8) is 0 Å². The molecule has 20 heavy (non-hydrogen) atoms. The highest BCUT2D eigenvalue weighted by molar-refractivity contribution is 6.01. The third-order valence-electron chi connectivity index (χ3n) is 3.18. The summed E-state index contributed by atoms with van der Waals surface area (Å²) in [5.41, 5.74) is 8.12. The number of benzene rings is 1. The molecule has 100 valence electrons. The smallest absolute Gasteiger partial charge is 0.174 e. The normalized spacial score (nSPS) is 11.9. The molecule has 0 aliphatic carbocycles. The number of nitrogens with two attached hydrogens (primary N) is 1. The Morgan fingerprint density at radius 3 is 2.90 bits per heavy atom. The fraction of sp³-hybridized carbons (Fsp3) is 0.0714. The van der Waals surface area contributed by atoms with Gasteiger partial charge in [-0.25, -0.2) is 9.67 Å². The number of pyridine rings is 1. The van der Waals surface area contributed by atoms with Gasteiger partial charge in [0, 0.05) is 11.6 Å². The van der Waals surface area contributed by atoms with Gasteiger partial charge in [-0.3, -0.25) is 0 Å². The lowest BCUT2D eigenvalue weighted by atomic mass is 10.1. The minimum absolute atomic E-state index is 0.0187. The van der Waals surface area contributed by atoms with E-state index in [1.807, 2.05) is 37.3 Å². The van der Waals surface area contributed by atoms with Gasteiger partial charge >= 0.3 is 0 Å². The molecule has 0 saturated carbocycles. The van der Waals surface area contributed by atoms with Crippen molar-refractivity contribution in [3.8, 4) is 5.82 Å². The third kappa shape index (κ3) is 1.78. The molecule has 3 aromatic rings. The molecule has 0 fully saturated rings. The van der Waals surface area contributed by atoms with Crippen LogP contribution in [0.1, 0.15) is 11.1 Å². The van der Waals surface area contributed by atoms with Crippen LogP contribution in [0.2, 0.25) is 0 Å². The van der Waals surface area contributed by atoms with Crippen LogP contribution in [0.3, 0.4) is 0 Å². The van der Waals surface area contributed by atoms with E-state index in [1.165, 1.54) is 0 Å². The SMILES string of the molecule is Cc1ccnc(-n2ncc3ccccc32)c1/C(N)=N/O. The summed E-state index contributed by atoms with van der Waals surface area (Å²) in [4.78, 5) is 4.33. The van der Waals surface area contributed by atoms with Gasteiger partial charge in [-0.2, -0.15) is 5.10 Å². The second-order valence-electron chi connectivity index (χ2n) is 4.43. The Morgan fingerprint density at radius 2 is 2.10 bits per heavy atom. The van der Waals surface area contributed by atoms with E-state index in [4.69, 9.17) is 10.9 Å². The summed E-state index contributed by atoms with van der Waals surface area (Å²) in [6, 6.07) is 9.60. The highest BCUT2D eigenvalue weighted by atomic mass is 16.4. The third-order valence-corrected chi connectivity index (χ3v) is 3.18. The summed E-state index contributed by atoms with van der Waals surface area (Å²) in [7, 11) is 0.